The molecule has 0 saturated carbocycles. The lowest BCUT2D eigenvalue weighted by molar-refractivity contribution is -0.123. The molecule has 1 unspecified atom stereocenters. The van der Waals surface area contributed by atoms with Gasteiger partial charge in [-0.3, -0.25) is 9.59 Å². The fourth-order valence-corrected chi connectivity index (χ4v) is 2.95. The normalized spacial score (nSPS) is 21.0. The number of aromatic nitrogens is 2. The second-order valence-corrected chi connectivity index (χ2v) is 5.63. The van der Waals surface area contributed by atoms with Crippen molar-refractivity contribution in [3.63, 3.8) is 0 Å². The van der Waals surface area contributed by atoms with E-state index in [0.29, 0.717) is 18.8 Å². The largest absolute Gasteiger partial charge is 0.382 e. The van der Waals surface area contributed by atoms with Crippen LogP contribution in [-0.2, 0) is 9.53 Å². The third-order valence-electron chi connectivity index (χ3n) is 4.04. The van der Waals surface area contributed by atoms with Crippen LogP contribution in [0.2, 0.25) is 0 Å². The number of amides is 2. The second-order valence-electron chi connectivity index (χ2n) is 5.63. The lowest BCUT2D eigenvalue weighted by Gasteiger charge is -2.37. The first-order chi connectivity index (χ1) is 10.5. The van der Waals surface area contributed by atoms with Crippen molar-refractivity contribution in [2.24, 2.45) is 0 Å². The molecular weight excluding hydrogens is 284 g/mol. The molecule has 2 rings (SSSR count). The minimum Gasteiger partial charge on any atom is -0.382 e. The maximum Gasteiger partial charge on any atom is 0.274 e. The van der Waals surface area contributed by atoms with Crippen LogP contribution in [0, 0.1) is 6.92 Å². The molecule has 1 aromatic heterocycles. The van der Waals surface area contributed by atoms with Crippen LogP contribution in [0.3, 0.4) is 0 Å². The van der Waals surface area contributed by atoms with Crippen LogP contribution in [-0.4, -0.2) is 59.8 Å². The zero-order chi connectivity index (χ0) is 16.2. The summed E-state index contributed by atoms with van der Waals surface area (Å²) in [6.07, 6.45) is 1.80. The van der Waals surface area contributed by atoms with Gasteiger partial charge in [-0.15, -0.1) is 5.10 Å². The number of rotatable bonds is 5. The highest BCUT2D eigenvalue weighted by Gasteiger charge is 2.45. The minimum atomic E-state index is -0.613. The predicted octanol–water partition coefficient (Wildman–Crippen LogP) is 0.542. The topological polar surface area (TPSA) is 84.4 Å². The standard InChI is InChI=1S/C15H22N4O3/c1-11-5-6-12(18-17-11)14(21)19-8-4-7-15(19,10-22-3)9-13(20)16-2/h5-6H,4,7-10H2,1-3H3,(H,16,20). The number of nitrogens with one attached hydrogen (secondary N) is 1. The van der Waals surface area contributed by atoms with E-state index >= 15 is 0 Å². The number of hydrogen-bond donors (Lipinski definition) is 1. The van der Waals surface area contributed by atoms with Crippen molar-refractivity contribution in [3.8, 4) is 0 Å². The molecule has 1 aliphatic rings. The Morgan fingerprint density at radius 3 is 2.77 bits per heavy atom. The van der Waals surface area contributed by atoms with Crippen molar-refractivity contribution in [1.82, 2.24) is 20.4 Å². The van der Waals surface area contributed by atoms with Crippen molar-refractivity contribution in [3.05, 3.63) is 23.5 Å². The molecule has 1 atom stereocenters. The van der Waals surface area contributed by atoms with Gasteiger partial charge in [-0.2, -0.15) is 5.10 Å². The number of methoxy groups -OCH3 is 1. The Morgan fingerprint density at radius 1 is 1.41 bits per heavy atom. The van der Waals surface area contributed by atoms with E-state index in [1.165, 1.54) is 0 Å². The number of likely N-dealkylation sites (tertiary alicyclic amines) is 1. The van der Waals surface area contributed by atoms with E-state index in [0.717, 1.165) is 18.5 Å². The Morgan fingerprint density at radius 2 is 2.18 bits per heavy atom. The quantitative estimate of drug-likeness (QED) is 0.858. The number of nitrogens with zero attached hydrogens (tertiary/aromatic N) is 3. The van der Waals surface area contributed by atoms with Crippen molar-refractivity contribution in [1.29, 1.82) is 0 Å². The van der Waals surface area contributed by atoms with Crippen molar-refractivity contribution >= 4 is 11.8 Å². The van der Waals surface area contributed by atoms with E-state index < -0.39 is 5.54 Å². The van der Waals surface area contributed by atoms with Crippen LogP contribution < -0.4 is 5.32 Å². The number of carbonyl (C=O) groups is 2. The van der Waals surface area contributed by atoms with Gasteiger partial charge in [0.05, 0.1) is 24.3 Å². The summed E-state index contributed by atoms with van der Waals surface area (Å²) in [5, 5.41) is 10.5. The number of carbonyl (C=O) groups excluding carboxylic acids is 2. The van der Waals surface area contributed by atoms with Gasteiger partial charge in [0.2, 0.25) is 5.91 Å². The zero-order valence-electron chi connectivity index (χ0n) is 13.3. The molecule has 120 valence electrons. The molecular formula is C15H22N4O3. The molecule has 1 aromatic rings. The smallest absolute Gasteiger partial charge is 0.274 e. The molecule has 0 radical (unpaired) electrons. The second kappa shape index (κ2) is 6.83. The van der Waals surface area contributed by atoms with Crippen LogP contribution in [0.4, 0.5) is 0 Å². The molecule has 2 amide bonds. The molecule has 2 heterocycles. The molecule has 7 heteroatoms. The molecule has 0 bridgehead atoms. The Kier molecular flexibility index (Phi) is 5.07. The Labute approximate surface area is 130 Å². The van der Waals surface area contributed by atoms with E-state index in [-0.39, 0.29) is 18.2 Å². The van der Waals surface area contributed by atoms with Gasteiger partial charge in [-0.1, -0.05) is 0 Å². The van der Waals surface area contributed by atoms with Crippen LogP contribution in [0.5, 0.6) is 0 Å². The molecule has 1 N–H and O–H groups in total. The minimum absolute atomic E-state index is 0.105. The first-order valence-corrected chi connectivity index (χ1v) is 7.34. The fourth-order valence-electron chi connectivity index (χ4n) is 2.95. The van der Waals surface area contributed by atoms with Crippen molar-refractivity contribution in [2.75, 3.05) is 27.3 Å². The monoisotopic (exact) mass is 306 g/mol. The van der Waals surface area contributed by atoms with E-state index in [4.69, 9.17) is 4.74 Å². The number of aryl methyl sites for hydroxylation is 1. The van der Waals surface area contributed by atoms with Crippen LogP contribution >= 0.6 is 0 Å². The fraction of sp³-hybridized carbons (Fsp3) is 0.600. The molecule has 1 saturated heterocycles. The van der Waals surface area contributed by atoms with Crippen LogP contribution in [0.25, 0.3) is 0 Å². The molecule has 22 heavy (non-hydrogen) atoms. The highest BCUT2D eigenvalue weighted by Crippen LogP contribution is 2.34. The van der Waals surface area contributed by atoms with Crippen LogP contribution in [0.15, 0.2) is 12.1 Å². The molecule has 0 aromatic carbocycles. The van der Waals surface area contributed by atoms with Gasteiger partial charge < -0.3 is 15.0 Å². The Bertz CT molecular complexity index is 546. The lowest BCUT2D eigenvalue weighted by Crippen LogP contribution is -2.53. The third-order valence-corrected chi connectivity index (χ3v) is 4.04. The molecule has 1 aliphatic heterocycles. The highest BCUT2D eigenvalue weighted by atomic mass is 16.5. The molecule has 0 aliphatic carbocycles. The third kappa shape index (κ3) is 3.24. The summed E-state index contributed by atoms with van der Waals surface area (Å²) in [6.45, 7) is 2.73. The van der Waals surface area contributed by atoms with Gasteiger partial charge in [0.1, 0.15) is 0 Å². The van der Waals surface area contributed by atoms with Gasteiger partial charge in [-0.05, 0) is 31.9 Å². The lowest BCUT2D eigenvalue weighted by atomic mass is 9.92. The van der Waals surface area contributed by atoms with E-state index in [9.17, 15) is 9.59 Å². The summed E-state index contributed by atoms with van der Waals surface area (Å²) in [5.74, 6) is -0.308. The average Bonchev–Trinajstić information content (AvgIpc) is 2.90. The SMILES string of the molecule is CNC(=O)CC1(COC)CCCN1C(=O)c1ccc(C)nn1. The van der Waals surface area contributed by atoms with E-state index in [1.54, 1.807) is 31.2 Å². The summed E-state index contributed by atoms with van der Waals surface area (Å²) in [6, 6.07) is 3.42. The molecule has 1 fully saturated rings. The molecule has 0 spiro atoms. The maximum atomic E-state index is 12.8. The summed E-state index contributed by atoms with van der Waals surface area (Å²) < 4.78 is 5.30. The van der Waals surface area contributed by atoms with Crippen LogP contribution in [0.1, 0.15) is 35.4 Å². The first kappa shape index (κ1) is 16.4. The zero-order valence-corrected chi connectivity index (χ0v) is 13.3. The van der Waals surface area contributed by atoms with Crippen molar-refractivity contribution in [2.45, 2.75) is 31.7 Å². The van der Waals surface area contributed by atoms with Gasteiger partial charge in [-0.25, -0.2) is 0 Å². The first-order valence-electron chi connectivity index (χ1n) is 7.34. The van der Waals surface area contributed by atoms with E-state index in [1.807, 2.05) is 6.92 Å². The summed E-state index contributed by atoms with van der Waals surface area (Å²) >= 11 is 0. The summed E-state index contributed by atoms with van der Waals surface area (Å²) in [4.78, 5) is 26.3. The molecule has 7 nitrogen and oxygen atoms in total. The Hall–Kier alpha value is -2.02. The van der Waals surface area contributed by atoms with Gasteiger partial charge in [0.15, 0.2) is 5.69 Å². The highest BCUT2D eigenvalue weighted by molar-refractivity contribution is 5.93. The van der Waals surface area contributed by atoms with Gasteiger partial charge in [0, 0.05) is 20.7 Å². The summed E-state index contributed by atoms with van der Waals surface area (Å²) in [7, 11) is 3.17. The number of ether oxygens (including phenoxy) is 1. The number of hydrogen-bond acceptors (Lipinski definition) is 5. The Balaban J connectivity index is 2.27. The van der Waals surface area contributed by atoms with Gasteiger partial charge >= 0.3 is 0 Å². The van der Waals surface area contributed by atoms with E-state index in [2.05, 4.69) is 15.5 Å². The maximum absolute atomic E-state index is 12.8. The predicted molar refractivity (Wildman–Crippen MR) is 80.3 cm³/mol. The van der Waals surface area contributed by atoms with Crippen molar-refractivity contribution < 1.29 is 14.3 Å². The summed E-state index contributed by atoms with van der Waals surface area (Å²) in [5.41, 5.74) is 0.440. The van der Waals surface area contributed by atoms with Gasteiger partial charge in [0.25, 0.3) is 5.91 Å². The average molecular weight is 306 g/mol.